The average molecular weight is 294 g/mol. The number of fused-ring (bicyclic) bond motifs is 4. The summed E-state index contributed by atoms with van der Waals surface area (Å²) in [5.41, 5.74) is 4.91. The van der Waals surface area contributed by atoms with Gasteiger partial charge in [-0.3, -0.25) is 0 Å². The lowest BCUT2D eigenvalue weighted by atomic mass is 9.79. The van der Waals surface area contributed by atoms with Crippen LogP contribution in [0.25, 0.3) is 11.3 Å². The first-order valence-corrected chi connectivity index (χ1v) is 7.45. The Hall–Kier alpha value is -2.47. The first kappa shape index (κ1) is 12.1. The third kappa shape index (κ3) is 1.45. The van der Waals surface area contributed by atoms with Gasteiger partial charge in [-0.2, -0.15) is 0 Å². The molecule has 6 nitrogen and oxygen atoms in total. The quantitative estimate of drug-likeness (QED) is 0.744. The Morgan fingerprint density at radius 2 is 2.14 bits per heavy atom. The summed E-state index contributed by atoms with van der Waals surface area (Å²) in [6, 6.07) is 8.41. The second kappa shape index (κ2) is 4.27. The molecule has 0 fully saturated rings. The maximum atomic E-state index is 10.8. The molecule has 0 spiro atoms. The standard InChI is InChI=1S/C16H14N4O2/c21-16-11(5-6-12-14(16)19-22-18-12)15-10-4-2-1-3-9(10)13-7-17-8-20(13)15/h1-4,7-8,11,15-16,21H,5-6H2. The number of aliphatic hydroxyl groups is 1. The van der Waals surface area contributed by atoms with Crippen molar-refractivity contribution in [3.05, 3.63) is 53.7 Å². The van der Waals surface area contributed by atoms with E-state index in [0.717, 1.165) is 24.2 Å². The Morgan fingerprint density at radius 3 is 3.09 bits per heavy atom. The largest absolute Gasteiger partial charge is 0.386 e. The SMILES string of the molecule is OC1c2nonc2CCC1C1c2ccccc2-c2cncn21. The number of imidazole rings is 1. The van der Waals surface area contributed by atoms with E-state index in [9.17, 15) is 5.11 Å². The predicted molar refractivity (Wildman–Crippen MR) is 76.9 cm³/mol. The van der Waals surface area contributed by atoms with Crippen LogP contribution in [0, 0.1) is 5.92 Å². The molecule has 0 amide bonds. The van der Waals surface area contributed by atoms with Crippen LogP contribution >= 0.6 is 0 Å². The lowest BCUT2D eigenvalue weighted by Gasteiger charge is -2.32. The van der Waals surface area contributed by atoms with Gasteiger partial charge in [0.25, 0.3) is 0 Å². The molecule has 2 aliphatic rings. The van der Waals surface area contributed by atoms with E-state index in [1.54, 1.807) is 0 Å². The molecule has 5 rings (SSSR count). The number of aromatic nitrogens is 4. The van der Waals surface area contributed by atoms with Crippen LogP contribution in [0.2, 0.25) is 0 Å². The van der Waals surface area contributed by atoms with Crippen molar-refractivity contribution < 1.29 is 9.74 Å². The summed E-state index contributed by atoms with van der Waals surface area (Å²) < 4.78 is 6.96. The van der Waals surface area contributed by atoms with E-state index in [2.05, 4.69) is 32.0 Å². The van der Waals surface area contributed by atoms with Crippen LogP contribution in [-0.4, -0.2) is 25.0 Å². The summed E-state index contributed by atoms with van der Waals surface area (Å²) in [5, 5.41) is 18.5. The van der Waals surface area contributed by atoms with E-state index in [1.165, 1.54) is 11.1 Å². The predicted octanol–water partition coefficient (Wildman–Crippen LogP) is 2.13. The van der Waals surface area contributed by atoms with Crippen LogP contribution in [0.15, 0.2) is 41.4 Å². The Balaban J connectivity index is 1.65. The molecule has 0 saturated carbocycles. The second-order valence-corrected chi connectivity index (χ2v) is 5.96. The van der Waals surface area contributed by atoms with Gasteiger partial charge in [-0.1, -0.05) is 34.6 Å². The summed E-state index contributed by atoms with van der Waals surface area (Å²) in [6.45, 7) is 0. The monoisotopic (exact) mass is 294 g/mol. The molecule has 1 N–H and O–H groups in total. The zero-order valence-electron chi connectivity index (χ0n) is 11.8. The molecule has 0 bridgehead atoms. The van der Waals surface area contributed by atoms with E-state index >= 15 is 0 Å². The third-order valence-electron chi connectivity index (χ3n) is 4.91. The molecule has 0 saturated heterocycles. The minimum atomic E-state index is -0.665. The van der Waals surface area contributed by atoms with Crippen molar-refractivity contribution in [2.75, 3.05) is 0 Å². The van der Waals surface area contributed by atoms with Crippen molar-refractivity contribution >= 4 is 0 Å². The highest BCUT2D eigenvalue weighted by Crippen LogP contribution is 2.49. The molecule has 3 aromatic rings. The van der Waals surface area contributed by atoms with Gasteiger partial charge in [-0.15, -0.1) is 0 Å². The number of aliphatic hydroxyl groups excluding tert-OH is 1. The summed E-state index contributed by atoms with van der Waals surface area (Å²) in [5.74, 6) is 0.0380. The first-order chi connectivity index (χ1) is 10.8. The molecule has 3 heterocycles. The molecule has 2 aromatic heterocycles. The molecule has 1 aliphatic carbocycles. The first-order valence-electron chi connectivity index (χ1n) is 7.45. The Kier molecular flexibility index (Phi) is 2.35. The molecular weight excluding hydrogens is 280 g/mol. The van der Waals surface area contributed by atoms with Crippen LogP contribution in [0.1, 0.15) is 35.5 Å². The minimum absolute atomic E-state index is 0.0380. The molecule has 0 radical (unpaired) electrons. The number of hydrogen-bond acceptors (Lipinski definition) is 5. The van der Waals surface area contributed by atoms with Crippen LogP contribution in [0.3, 0.4) is 0 Å². The molecule has 110 valence electrons. The number of nitrogens with zero attached hydrogens (tertiary/aromatic N) is 4. The smallest absolute Gasteiger partial charge is 0.137 e. The summed E-state index contributed by atoms with van der Waals surface area (Å²) >= 11 is 0. The van der Waals surface area contributed by atoms with E-state index in [4.69, 9.17) is 4.63 Å². The van der Waals surface area contributed by atoms with Crippen molar-refractivity contribution in [2.45, 2.75) is 25.0 Å². The van der Waals surface area contributed by atoms with Crippen LogP contribution in [-0.2, 0) is 6.42 Å². The van der Waals surface area contributed by atoms with Gasteiger partial charge in [-0.25, -0.2) is 9.61 Å². The topological polar surface area (TPSA) is 77.0 Å². The van der Waals surface area contributed by atoms with Crippen molar-refractivity contribution in [1.29, 1.82) is 0 Å². The van der Waals surface area contributed by atoms with Gasteiger partial charge in [0, 0.05) is 11.5 Å². The Labute approximate surface area is 126 Å². The van der Waals surface area contributed by atoms with Crippen LogP contribution in [0.4, 0.5) is 0 Å². The third-order valence-corrected chi connectivity index (χ3v) is 4.91. The maximum Gasteiger partial charge on any atom is 0.137 e. The number of rotatable bonds is 1. The second-order valence-electron chi connectivity index (χ2n) is 5.96. The fourth-order valence-electron chi connectivity index (χ4n) is 3.92. The summed E-state index contributed by atoms with van der Waals surface area (Å²) in [4.78, 5) is 4.28. The maximum absolute atomic E-state index is 10.8. The van der Waals surface area contributed by atoms with Gasteiger partial charge < -0.3 is 9.67 Å². The fraction of sp³-hybridized carbons (Fsp3) is 0.312. The van der Waals surface area contributed by atoms with Gasteiger partial charge in [0.1, 0.15) is 17.5 Å². The highest BCUT2D eigenvalue weighted by molar-refractivity contribution is 5.69. The Morgan fingerprint density at radius 1 is 1.23 bits per heavy atom. The van der Waals surface area contributed by atoms with Gasteiger partial charge >= 0.3 is 0 Å². The van der Waals surface area contributed by atoms with E-state index < -0.39 is 6.10 Å². The van der Waals surface area contributed by atoms with E-state index in [-0.39, 0.29) is 12.0 Å². The van der Waals surface area contributed by atoms with E-state index in [0.29, 0.717) is 5.69 Å². The zero-order chi connectivity index (χ0) is 14.7. The van der Waals surface area contributed by atoms with Gasteiger partial charge in [0.2, 0.25) is 0 Å². The van der Waals surface area contributed by atoms with Crippen molar-refractivity contribution in [3.63, 3.8) is 0 Å². The highest BCUT2D eigenvalue weighted by atomic mass is 16.6. The summed E-state index contributed by atoms with van der Waals surface area (Å²) in [6.07, 6.45) is 4.70. The minimum Gasteiger partial charge on any atom is -0.386 e. The Bertz CT molecular complexity index is 853. The van der Waals surface area contributed by atoms with Gasteiger partial charge in [0.15, 0.2) is 0 Å². The molecule has 3 unspecified atom stereocenters. The highest BCUT2D eigenvalue weighted by Gasteiger charge is 2.42. The number of aryl methyl sites for hydroxylation is 1. The lowest BCUT2D eigenvalue weighted by molar-refractivity contribution is 0.0662. The molecule has 1 aromatic carbocycles. The van der Waals surface area contributed by atoms with E-state index in [1.807, 2.05) is 24.7 Å². The fourth-order valence-corrected chi connectivity index (χ4v) is 3.92. The van der Waals surface area contributed by atoms with Crippen LogP contribution in [0.5, 0.6) is 0 Å². The average Bonchev–Trinajstić information content (AvgIpc) is 3.23. The lowest BCUT2D eigenvalue weighted by Crippen LogP contribution is -2.28. The number of hydrogen-bond donors (Lipinski definition) is 1. The molecule has 1 aliphatic heterocycles. The molecular formula is C16H14N4O2. The van der Waals surface area contributed by atoms with Crippen molar-refractivity contribution in [2.24, 2.45) is 5.92 Å². The van der Waals surface area contributed by atoms with Crippen molar-refractivity contribution in [1.82, 2.24) is 19.9 Å². The summed E-state index contributed by atoms with van der Waals surface area (Å²) in [7, 11) is 0. The van der Waals surface area contributed by atoms with Crippen LogP contribution < -0.4 is 0 Å². The molecule has 3 atom stereocenters. The van der Waals surface area contributed by atoms with Gasteiger partial charge in [-0.05, 0) is 18.4 Å². The van der Waals surface area contributed by atoms with Crippen molar-refractivity contribution in [3.8, 4) is 11.3 Å². The number of benzene rings is 1. The molecule has 22 heavy (non-hydrogen) atoms. The normalized spacial score (nSPS) is 25.6. The zero-order valence-corrected chi connectivity index (χ0v) is 11.8. The van der Waals surface area contributed by atoms with Gasteiger partial charge in [0.05, 0.1) is 24.3 Å². The molecule has 6 heteroatoms.